The Morgan fingerprint density at radius 3 is 3.14 bits per heavy atom. The average molecular weight is 287 g/mol. The van der Waals surface area contributed by atoms with Crippen molar-refractivity contribution < 1.29 is 9.90 Å². The second kappa shape index (κ2) is 7.77. The lowest BCUT2D eigenvalue weighted by Gasteiger charge is -2.13. The average Bonchev–Trinajstić information content (AvgIpc) is 2.99. The molecule has 5 heteroatoms. The zero-order valence-corrected chi connectivity index (χ0v) is 12.3. The predicted octanol–water partition coefficient (Wildman–Crippen LogP) is 0.497. The molecule has 21 heavy (non-hydrogen) atoms. The summed E-state index contributed by atoms with van der Waals surface area (Å²) in [7, 11) is 0. The number of carbonyl (C=O) groups is 1. The molecule has 2 heterocycles. The van der Waals surface area contributed by atoms with Crippen LogP contribution in [-0.4, -0.2) is 53.7 Å². The molecule has 2 rings (SSSR count). The molecule has 5 nitrogen and oxygen atoms in total. The smallest absolute Gasteiger partial charge is 0.252 e. The fourth-order valence-electron chi connectivity index (χ4n) is 2.48. The fraction of sp³-hybridized carbons (Fsp3) is 0.500. The summed E-state index contributed by atoms with van der Waals surface area (Å²) >= 11 is 0. The van der Waals surface area contributed by atoms with Gasteiger partial charge in [0.05, 0.1) is 5.56 Å². The first-order valence-electron chi connectivity index (χ1n) is 7.28. The summed E-state index contributed by atoms with van der Waals surface area (Å²) in [5, 5.41) is 11.6. The number of amides is 1. The highest BCUT2D eigenvalue weighted by atomic mass is 16.2. The number of hydrogen-bond donors (Lipinski definition) is 2. The molecule has 1 aliphatic heterocycles. The van der Waals surface area contributed by atoms with Gasteiger partial charge in [-0.3, -0.25) is 9.78 Å². The minimum atomic E-state index is -0.202. The van der Waals surface area contributed by atoms with Gasteiger partial charge in [-0.15, -0.1) is 0 Å². The van der Waals surface area contributed by atoms with Gasteiger partial charge in [0.25, 0.3) is 5.91 Å². The van der Waals surface area contributed by atoms with E-state index in [-0.39, 0.29) is 12.5 Å². The van der Waals surface area contributed by atoms with Crippen LogP contribution in [0.2, 0.25) is 0 Å². The third-order valence-electron chi connectivity index (χ3n) is 3.68. The lowest BCUT2D eigenvalue weighted by atomic mass is 10.1. The maximum atomic E-state index is 12.1. The highest BCUT2D eigenvalue weighted by Gasteiger charge is 2.21. The van der Waals surface area contributed by atoms with Crippen molar-refractivity contribution in [1.29, 1.82) is 0 Å². The normalized spacial score (nSPS) is 18.1. The monoisotopic (exact) mass is 287 g/mol. The minimum Gasteiger partial charge on any atom is -0.384 e. The number of aliphatic hydroxyl groups excluding tert-OH is 1. The number of nitrogens with one attached hydrogen (secondary N) is 1. The van der Waals surface area contributed by atoms with E-state index in [0.29, 0.717) is 23.6 Å². The molecule has 1 aliphatic rings. The van der Waals surface area contributed by atoms with Crippen LogP contribution in [0.3, 0.4) is 0 Å². The fourth-order valence-corrected chi connectivity index (χ4v) is 2.48. The van der Waals surface area contributed by atoms with Gasteiger partial charge in [0.1, 0.15) is 6.61 Å². The van der Waals surface area contributed by atoms with Crippen LogP contribution < -0.4 is 5.32 Å². The van der Waals surface area contributed by atoms with Gasteiger partial charge in [0.2, 0.25) is 0 Å². The molecule has 0 bridgehead atoms. The quantitative estimate of drug-likeness (QED) is 0.791. The Hall–Kier alpha value is -1.90. The third-order valence-corrected chi connectivity index (χ3v) is 3.68. The van der Waals surface area contributed by atoms with Crippen molar-refractivity contribution in [3.8, 4) is 11.8 Å². The molecule has 0 aromatic carbocycles. The first-order chi connectivity index (χ1) is 10.2. The van der Waals surface area contributed by atoms with Crippen LogP contribution in [0.25, 0.3) is 0 Å². The highest BCUT2D eigenvalue weighted by molar-refractivity contribution is 5.94. The molecule has 1 fully saturated rings. The maximum Gasteiger partial charge on any atom is 0.252 e. The molecule has 1 saturated heterocycles. The van der Waals surface area contributed by atoms with E-state index >= 15 is 0 Å². The van der Waals surface area contributed by atoms with Crippen LogP contribution in [0.15, 0.2) is 18.5 Å². The number of aliphatic hydroxyl groups is 1. The number of hydrogen-bond acceptors (Lipinski definition) is 4. The molecule has 1 amide bonds. The van der Waals surface area contributed by atoms with Gasteiger partial charge in [-0.25, -0.2) is 0 Å². The Morgan fingerprint density at radius 2 is 2.43 bits per heavy atom. The van der Waals surface area contributed by atoms with Gasteiger partial charge in [0, 0.05) is 31.0 Å². The van der Waals surface area contributed by atoms with Crippen LogP contribution in [0.4, 0.5) is 0 Å². The molecule has 0 aliphatic carbocycles. The maximum absolute atomic E-state index is 12.1. The summed E-state index contributed by atoms with van der Waals surface area (Å²) < 4.78 is 0. The molecule has 0 spiro atoms. The molecule has 1 atom stereocenters. The summed E-state index contributed by atoms with van der Waals surface area (Å²) in [6.45, 7) is 5.89. The van der Waals surface area contributed by atoms with E-state index in [0.717, 1.165) is 26.1 Å². The zero-order valence-electron chi connectivity index (χ0n) is 12.3. The number of nitrogens with zero attached hydrogens (tertiary/aromatic N) is 2. The molecule has 2 N–H and O–H groups in total. The Bertz CT molecular complexity index is 548. The van der Waals surface area contributed by atoms with Gasteiger partial charge in [-0.2, -0.15) is 0 Å². The highest BCUT2D eigenvalue weighted by Crippen LogP contribution is 2.14. The molecule has 112 valence electrons. The number of rotatable bonds is 4. The Labute approximate surface area is 125 Å². The van der Waals surface area contributed by atoms with Crippen molar-refractivity contribution in [3.63, 3.8) is 0 Å². The van der Waals surface area contributed by atoms with Crippen molar-refractivity contribution in [2.24, 2.45) is 5.92 Å². The molecular weight excluding hydrogens is 266 g/mol. The van der Waals surface area contributed by atoms with Crippen LogP contribution in [-0.2, 0) is 0 Å². The third kappa shape index (κ3) is 4.55. The molecule has 1 aromatic rings. The van der Waals surface area contributed by atoms with E-state index in [9.17, 15) is 4.79 Å². The van der Waals surface area contributed by atoms with Crippen LogP contribution >= 0.6 is 0 Å². The van der Waals surface area contributed by atoms with E-state index < -0.39 is 0 Å². The van der Waals surface area contributed by atoms with E-state index in [2.05, 4.69) is 34.0 Å². The zero-order chi connectivity index (χ0) is 15.1. The van der Waals surface area contributed by atoms with E-state index in [4.69, 9.17) is 5.11 Å². The molecular formula is C16H21N3O2. The van der Waals surface area contributed by atoms with Gasteiger partial charge < -0.3 is 15.3 Å². The van der Waals surface area contributed by atoms with Crippen LogP contribution in [0.1, 0.15) is 29.3 Å². The number of likely N-dealkylation sites (tertiary alicyclic amines) is 1. The second-order valence-corrected chi connectivity index (χ2v) is 5.18. The van der Waals surface area contributed by atoms with Crippen molar-refractivity contribution in [1.82, 2.24) is 15.2 Å². The Kier molecular flexibility index (Phi) is 5.73. The van der Waals surface area contributed by atoms with Crippen molar-refractivity contribution in [3.05, 3.63) is 29.6 Å². The van der Waals surface area contributed by atoms with Gasteiger partial charge in [-0.05, 0) is 31.5 Å². The van der Waals surface area contributed by atoms with Crippen molar-refractivity contribution in [2.45, 2.75) is 13.3 Å². The topological polar surface area (TPSA) is 65.5 Å². The van der Waals surface area contributed by atoms with Gasteiger partial charge >= 0.3 is 0 Å². The van der Waals surface area contributed by atoms with Crippen LogP contribution in [0.5, 0.6) is 0 Å². The molecule has 0 radical (unpaired) electrons. The summed E-state index contributed by atoms with van der Waals surface area (Å²) in [6.07, 6.45) is 4.25. The number of carbonyl (C=O) groups excluding carboxylic acids is 1. The molecule has 1 unspecified atom stereocenters. The standard InChI is InChI=1S/C16H21N3O2/c1-2-19-6-5-14(12-19)10-18-16(21)15-8-13(4-3-7-20)9-17-11-15/h8-9,11,14,20H,2,5-7,10,12H2,1H3,(H,18,21). The van der Waals surface area contributed by atoms with Crippen molar-refractivity contribution in [2.75, 3.05) is 32.8 Å². The van der Waals surface area contributed by atoms with E-state index in [1.54, 1.807) is 12.3 Å². The Morgan fingerprint density at radius 1 is 1.57 bits per heavy atom. The largest absolute Gasteiger partial charge is 0.384 e. The lowest BCUT2D eigenvalue weighted by molar-refractivity contribution is 0.0947. The number of pyridine rings is 1. The summed E-state index contributed by atoms with van der Waals surface area (Å²) in [6, 6.07) is 1.69. The lowest BCUT2D eigenvalue weighted by Crippen LogP contribution is -2.31. The first-order valence-corrected chi connectivity index (χ1v) is 7.28. The molecule has 1 aromatic heterocycles. The molecule has 0 saturated carbocycles. The minimum absolute atomic E-state index is 0.120. The summed E-state index contributed by atoms with van der Waals surface area (Å²) in [5.74, 6) is 5.70. The van der Waals surface area contributed by atoms with Gasteiger partial charge in [-0.1, -0.05) is 18.8 Å². The van der Waals surface area contributed by atoms with Crippen LogP contribution in [0, 0.1) is 17.8 Å². The summed E-state index contributed by atoms with van der Waals surface area (Å²) in [5.41, 5.74) is 1.14. The van der Waals surface area contributed by atoms with E-state index in [1.807, 2.05) is 0 Å². The SMILES string of the molecule is CCN1CCC(CNC(=O)c2cncc(C#CCO)c2)C1. The number of aromatic nitrogens is 1. The van der Waals surface area contributed by atoms with E-state index in [1.165, 1.54) is 6.20 Å². The van der Waals surface area contributed by atoms with Gasteiger partial charge in [0.15, 0.2) is 0 Å². The second-order valence-electron chi connectivity index (χ2n) is 5.18. The predicted molar refractivity (Wildman–Crippen MR) is 80.8 cm³/mol. The summed E-state index contributed by atoms with van der Waals surface area (Å²) in [4.78, 5) is 18.5. The Balaban J connectivity index is 1.88. The van der Waals surface area contributed by atoms with Crippen molar-refractivity contribution >= 4 is 5.91 Å². The first kappa shape index (κ1) is 15.5.